The van der Waals surface area contributed by atoms with Gasteiger partial charge in [-0.05, 0) is 30.5 Å². The maximum Gasteiger partial charge on any atom is 0.145 e. The molecule has 0 aliphatic heterocycles. The normalized spacial score (nSPS) is 11.6. The van der Waals surface area contributed by atoms with Gasteiger partial charge in [0.2, 0.25) is 0 Å². The van der Waals surface area contributed by atoms with E-state index in [1.165, 1.54) is 10.8 Å². The Bertz CT molecular complexity index is 763. The smallest absolute Gasteiger partial charge is 0.145 e. The maximum absolute atomic E-state index is 4.71. The van der Waals surface area contributed by atoms with E-state index in [1.807, 2.05) is 37.3 Å². The number of pyridine rings is 1. The minimum Gasteiger partial charge on any atom is -0.299 e. The summed E-state index contributed by atoms with van der Waals surface area (Å²) < 4.78 is 2.09. The van der Waals surface area contributed by atoms with Crippen LogP contribution in [-0.2, 0) is 0 Å². The van der Waals surface area contributed by atoms with Crippen LogP contribution in [0.2, 0.25) is 0 Å². The van der Waals surface area contributed by atoms with Crippen molar-refractivity contribution in [1.82, 2.24) is 9.38 Å². The number of rotatable bonds is 2. The Hall–Kier alpha value is -2.35. The second-order valence-electron chi connectivity index (χ2n) is 4.18. The summed E-state index contributed by atoms with van der Waals surface area (Å²) >= 11 is 0. The van der Waals surface area contributed by atoms with Gasteiger partial charge in [0.1, 0.15) is 5.65 Å². The molecule has 0 aliphatic rings. The highest BCUT2D eigenvalue weighted by atomic mass is 15.0. The van der Waals surface area contributed by atoms with Crippen LogP contribution >= 0.6 is 0 Å². The number of fused-ring (bicyclic) bond motifs is 3. The molecule has 0 bridgehead atoms. The fraction of sp³-hybridized carbons (Fsp3) is 0.0625. The molecule has 2 aromatic heterocycles. The zero-order valence-corrected chi connectivity index (χ0v) is 10.3. The topological polar surface area (TPSA) is 17.3 Å². The van der Waals surface area contributed by atoms with Gasteiger partial charge in [-0.2, -0.15) is 0 Å². The lowest BCUT2D eigenvalue weighted by Crippen LogP contribution is -1.88. The second-order valence-corrected chi connectivity index (χ2v) is 4.18. The molecule has 2 nitrogen and oxygen atoms in total. The van der Waals surface area contributed by atoms with E-state index in [9.17, 15) is 0 Å². The summed E-state index contributed by atoms with van der Waals surface area (Å²) in [6.45, 7) is 5.88. The lowest BCUT2D eigenvalue weighted by Gasteiger charge is -2.01. The summed E-state index contributed by atoms with van der Waals surface area (Å²) in [6.07, 6.45) is 7.91. The Morgan fingerprint density at radius 2 is 2.06 bits per heavy atom. The minimum absolute atomic E-state index is 0.962. The van der Waals surface area contributed by atoms with Crippen molar-refractivity contribution in [2.24, 2.45) is 0 Å². The lowest BCUT2D eigenvalue weighted by atomic mass is 10.2. The largest absolute Gasteiger partial charge is 0.299 e. The van der Waals surface area contributed by atoms with Crippen LogP contribution in [0.1, 0.15) is 18.3 Å². The number of hydrogen-bond donors (Lipinski definition) is 0. The SMILES string of the molecule is C=Cc1c(/C=C\C)nc2c3ccccc3ccn12. The van der Waals surface area contributed by atoms with Crippen LogP contribution in [0.25, 0.3) is 28.6 Å². The molecule has 0 saturated heterocycles. The van der Waals surface area contributed by atoms with E-state index in [1.54, 1.807) is 0 Å². The Kier molecular flexibility index (Phi) is 2.49. The van der Waals surface area contributed by atoms with Crippen LogP contribution in [0.3, 0.4) is 0 Å². The molecule has 0 spiro atoms. The van der Waals surface area contributed by atoms with E-state index in [0.717, 1.165) is 17.0 Å². The van der Waals surface area contributed by atoms with Gasteiger partial charge in [0.15, 0.2) is 0 Å². The predicted octanol–water partition coefficient (Wildman–Crippen LogP) is 4.16. The summed E-state index contributed by atoms with van der Waals surface area (Å²) in [7, 11) is 0. The summed E-state index contributed by atoms with van der Waals surface area (Å²) in [5, 5.41) is 2.37. The van der Waals surface area contributed by atoms with Crippen molar-refractivity contribution < 1.29 is 0 Å². The highest BCUT2D eigenvalue weighted by Gasteiger charge is 2.09. The first-order valence-corrected chi connectivity index (χ1v) is 6.00. The summed E-state index contributed by atoms with van der Waals surface area (Å²) in [6, 6.07) is 10.4. The molecule has 18 heavy (non-hydrogen) atoms. The van der Waals surface area contributed by atoms with Crippen LogP contribution in [0.15, 0.2) is 49.2 Å². The first-order valence-electron chi connectivity index (χ1n) is 6.00. The Morgan fingerprint density at radius 3 is 2.83 bits per heavy atom. The average molecular weight is 234 g/mol. The van der Waals surface area contributed by atoms with Crippen molar-refractivity contribution >= 4 is 28.6 Å². The maximum atomic E-state index is 4.71. The molecule has 3 rings (SSSR count). The third-order valence-electron chi connectivity index (χ3n) is 3.10. The van der Waals surface area contributed by atoms with Gasteiger partial charge in [0.05, 0.1) is 11.4 Å². The number of benzene rings is 1. The van der Waals surface area contributed by atoms with E-state index in [4.69, 9.17) is 4.98 Å². The van der Waals surface area contributed by atoms with Crippen LogP contribution in [0.4, 0.5) is 0 Å². The van der Waals surface area contributed by atoms with E-state index in [0.29, 0.717) is 0 Å². The van der Waals surface area contributed by atoms with E-state index in [-0.39, 0.29) is 0 Å². The van der Waals surface area contributed by atoms with Crippen molar-refractivity contribution in [2.45, 2.75) is 6.92 Å². The van der Waals surface area contributed by atoms with Gasteiger partial charge in [0, 0.05) is 11.6 Å². The molecule has 1 aromatic carbocycles. The molecule has 88 valence electrons. The number of allylic oxidation sites excluding steroid dienone is 1. The van der Waals surface area contributed by atoms with Gasteiger partial charge in [0.25, 0.3) is 0 Å². The zero-order chi connectivity index (χ0) is 12.5. The van der Waals surface area contributed by atoms with Gasteiger partial charge in [-0.3, -0.25) is 4.40 Å². The molecule has 3 aromatic rings. The quantitative estimate of drug-likeness (QED) is 0.650. The molecule has 2 heteroatoms. The number of aromatic nitrogens is 2. The first-order chi connectivity index (χ1) is 8.85. The molecule has 0 fully saturated rings. The summed E-state index contributed by atoms with van der Waals surface area (Å²) in [5.74, 6) is 0. The fourth-order valence-electron chi connectivity index (χ4n) is 2.29. The standard InChI is InChI=1S/C16H14N2/c1-3-7-14-15(4-2)18-11-10-12-8-5-6-9-13(12)16(18)17-14/h3-11H,2H2,1H3/b7-3-. The molecule has 0 radical (unpaired) electrons. The Labute approximate surface area is 106 Å². The van der Waals surface area contributed by atoms with Crippen molar-refractivity contribution in [3.63, 3.8) is 0 Å². The van der Waals surface area contributed by atoms with E-state index < -0.39 is 0 Å². The van der Waals surface area contributed by atoms with Gasteiger partial charge in [-0.1, -0.05) is 36.9 Å². The monoisotopic (exact) mass is 234 g/mol. The molecule has 0 amide bonds. The molecule has 2 heterocycles. The van der Waals surface area contributed by atoms with Gasteiger partial charge >= 0.3 is 0 Å². The second kappa shape index (κ2) is 4.15. The third-order valence-corrected chi connectivity index (χ3v) is 3.10. The number of imidazole rings is 1. The highest BCUT2D eigenvalue weighted by molar-refractivity contribution is 5.94. The zero-order valence-electron chi connectivity index (χ0n) is 10.3. The van der Waals surface area contributed by atoms with Crippen LogP contribution in [0.5, 0.6) is 0 Å². The lowest BCUT2D eigenvalue weighted by molar-refractivity contribution is 1.18. The highest BCUT2D eigenvalue weighted by Crippen LogP contribution is 2.23. The van der Waals surface area contributed by atoms with Crippen molar-refractivity contribution in [3.8, 4) is 0 Å². The molecular weight excluding hydrogens is 220 g/mol. The van der Waals surface area contributed by atoms with Crippen molar-refractivity contribution in [1.29, 1.82) is 0 Å². The van der Waals surface area contributed by atoms with Crippen molar-refractivity contribution in [2.75, 3.05) is 0 Å². The molecule has 0 aliphatic carbocycles. The van der Waals surface area contributed by atoms with Crippen LogP contribution in [-0.4, -0.2) is 9.38 Å². The third kappa shape index (κ3) is 1.46. The first kappa shape index (κ1) is 10.8. The molecule has 0 atom stereocenters. The number of nitrogens with zero attached hydrogens (tertiary/aromatic N) is 2. The average Bonchev–Trinajstić information content (AvgIpc) is 2.77. The summed E-state index contributed by atoms with van der Waals surface area (Å²) in [5.41, 5.74) is 2.98. The number of hydrogen-bond acceptors (Lipinski definition) is 1. The van der Waals surface area contributed by atoms with Gasteiger partial charge < -0.3 is 0 Å². The van der Waals surface area contributed by atoms with Gasteiger partial charge in [-0.15, -0.1) is 0 Å². The Balaban J connectivity index is 2.48. The van der Waals surface area contributed by atoms with Gasteiger partial charge in [-0.25, -0.2) is 4.98 Å². The molecular formula is C16H14N2. The fourth-order valence-corrected chi connectivity index (χ4v) is 2.29. The molecule has 0 unspecified atom stereocenters. The summed E-state index contributed by atoms with van der Waals surface area (Å²) in [4.78, 5) is 4.71. The van der Waals surface area contributed by atoms with Crippen LogP contribution in [0, 0.1) is 0 Å². The van der Waals surface area contributed by atoms with Crippen LogP contribution < -0.4 is 0 Å². The molecule has 0 N–H and O–H groups in total. The van der Waals surface area contributed by atoms with E-state index in [2.05, 4.69) is 35.4 Å². The molecule has 0 saturated carbocycles. The predicted molar refractivity (Wildman–Crippen MR) is 77.5 cm³/mol. The minimum atomic E-state index is 0.962. The van der Waals surface area contributed by atoms with Crippen molar-refractivity contribution in [3.05, 3.63) is 60.6 Å². The Morgan fingerprint density at radius 1 is 1.22 bits per heavy atom. The van der Waals surface area contributed by atoms with E-state index >= 15 is 0 Å².